The lowest BCUT2D eigenvalue weighted by atomic mass is 9.91. The SMILES string of the molecule is N#Cc1c(-c2cccc(-n3c4ccccc4c4c(C#N)cccc43)c2)cccc1-c1ccccc1-n1c2ccccc2c2ccccc21. The highest BCUT2D eigenvalue weighted by Gasteiger charge is 2.20. The number of rotatable bonds is 4. The average Bonchev–Trinajstić information content (AvgIpc) is 3.68. The minimum Gasteiger partial charge on any atom is -0.309 e. The maximum Gasteiger partial charge on any atom is 0.100 e. The second-order valence-corrected chi connectivity index (χ2v) is 11.9. The Morgan fingerprint density at radius 3 is 1.71 bits per heavy atom. The fourth-order valence-electron chi connectivity index (χ4n) is 7.42. The van der Waals surface area contributed by atoms with E-state index in [9.17, 15) is 10.5 Å². The number of para-hydroxylation sites is 4. The van der Waals surface area contributed by atoms with E-state index in [1.54, 1.807) is 0 Å². The second kappa shape index (κ2) is 10.9. The van der Waals surface area contributed by atoms with Crippen molar-refractivity contribution in [3.63, 3.8) is 0 Å². The fraction of sp³-hybridized carbons (Fsp3) is 0. The van der Waals surface area contributed by atoms with E-state index in [0.717, 1.165) is 66.5 Å². The lowest BCUT2D eigenvalue weighted by molar-refractivity contribution is 1.18. The van der Waals surface area contributed by atoms with Gasteiger partial charge in [0.05, 0.1) is 45.0 Å². The highest BCUT2D eigenvalue weighted by molar-refractivity contribution is 6.12. The van der Waals surface area contributed by atoms with Crippen molar-refractivity contribution in [2.75, 3.05) is 0 Å². The van der Waals surface area contributed by atoms with Crippen LogP contribution < -0.4 is 0 Å². The number of fused-ring (bicyclic) bond motifs is 6. The molecule has 0 saturated heterocycles. The van der Waals surface area contributed by atoms with Crippen LogP contribution in [-0.4, -0.2) is 9.13 Å². The molecule has 2 aromatic heterocycles. The first kappa shape index (κ1) is 27.4. The summed E-state index contributed by atoms with van der Waals surface area (Å²) >= 11 is 0. The monoisotopic (exact) mass is 610 g/mol. The molecule has 0 aliphatic rings. The van der Waals surface area contributed by atoms with Crippen LogP contribution >= 0.6 is 0 Å². The Hall–Kier alpha value is -6.88. The second-order valence-electron chi connectivity index (χ2n) is 11.9. The smallest absolute Gasteiger partial charge is 0.100 e. The van der Waals surface area contributed by atoms with Gasteiger partial charge in [-0.15, -0.1) is 0 Å². The van der Waals surface area contributed by atoms with Gasteiger partial charge in [0.25, 0.3) is 0 Å². The van der Waals surface area contributed by atoms with Gasteiger partial charge in [-0.05, 0) is 54.1 Å². The van der Waals surface area contributed by atoms with E-state index in [0.29, 0.717) is 11.1 Å². The summed E-state index contributed by atoms with van der Waals surface area (Å²) in [5, 5.41) is 25.1. The van der Waals surface area contributed by atoms with Crippen LogP contribution in [0.15, 0.2) is 158 Å². The zero-order valence-corrected chi connectivity index (χ0v) is 25.8. The van der Waals surface area contributed by atoms with Gasteiger partial charge in [0, 0.05) is 43.9 Å². The molecular formula is C44H26N4. The lowest BCUT2D eigenvalue weighted by Crippen LogP contribution is -1.99. The van der Waals surface area contributed by atoms with E-state index in [1.165, 1.54) is 10.8 Å². The molecule has 0 bridgehead atoms. The molecule has 2 heterocycles. The summed E-state index contributed by atoms with van der Waals surface area (Å²) in [6.45, 7) is 0. The van der Waals surface area contributed by atoms with Crippen LogP contribution in [0.4, 0.5) is 0 Å². The number of hydrogen-bond acceptors (Lipinski definition) is 2. The number of nitriles is 2. The molecule has 0 spiro atoms. The molecule has 0 aliphatic carbocycles. The Bertz CT molecular complexity index is 2760. The third-order valence-corrected chi connectivity index (χ3v) is 9.42. The number of hydrogen-bond donors (Lipinski definition) is 0. The minimum absolute atomic E-state index is 0.622. The van der Waals surface area contributed by atoms with Crippen LogP contribution in [0.1, 0.15) is 11.1 Å². The molecule has 9 aromatic rings. The van der Waals surface area contributed by atoms with Gasteiger partial charge >= 0.3 is 0 Å². The van der Waals surface area contributed by atoms with Gasteiger partial charge in [0.1, 0.15) is 6.07 Å². The first-order chi connectivity index (χ1) is 23.8. The Morgan fingerprint density at radius 2 is 0.979 bits per heavy atom. The van der Waals surface area contributed by atoms with Crippen molar-refractivity contribution in [1.82, 2.24) is 9.13 Å². The summed E-state index contributed by atoms with van der Waals surface area (Å²) in [4.78, 5) is 0. The summed E-state index contributed by atoms with van der Waals surface area (Å²) in [5.41, 5.74) is 11.2. The molecule has 0 radical (unpaired) electrons. The molecule has 222 valence electrons. The minimum atomic E-state index is 0.622. The largest absolute Gasteiger partial charge is 0.309 e. The van der Waals surface area contributed by atoms with Gasteiger partial charge in [0.2, 0.25) is 0 Å². The van der Waals surface area contributed by atoms with E-state index in [-0.39, 0.29) is 0 Å². The molecule has 9 rings (SSSR count). The zero-order valence-electron chi connectivity index (χ0n) is 25.8. The molecule has 0 unspecified atom stereocenters. The molecule has 0 atom stereocenters. The molecule has 0 aliphatic heterocycles. The van der Waals surface area contributed by atoms with Crippen molar-refractivity contribution >= 4 is 43.6 Å². The summed E-state index contributed by atoms with van der Waals surface area (Å²) < 4.78 is 4.52. The van der Waals surface area contributed by atoms with Gasteiger partial charge < -0.3 is 9.13 Å². The molecule has 0 amide bonds. The van der Waals surface area contributed by atoms with E-state index in [1.807, 2.05) is 48.5 Å². The summed E-state index contributed by atoms with van der Waals surface area (Å²) in [7, 11) is 0. The molecule has 7 aromatic carbocycles. The van der Waals surface area contributed by atoms with Crippen LogP contribution in [0.5, 0.6) is 0 Å². The van der Waals surface area contributed by atoms with Crippen LogP contribution in [0.25, 0.3) is 77.2 Å². The summed E-state index contributed by atoms with van der Waals surface area (Å²) in [5.74, 6) is 0. The third-order valence-electron chi connectivity index (χ3n) is 9.42. The standard InChI is InChI=1S/C44H26N4/c45-27-30-13-10-25-43-44(30)37-18-4-8-24-42(37)47(43)31-14-9-12-29(26-31)32-19-11-20-33(38(32)28-46)34-15-1-5-21-39(34)48-40-22-6-2-16-35(40)36-17-3-7-23-41(36)48/h1-26H. The van der Waals surface area contributed by atoms with Gasteiger partial charge in [-0.3, -0.25) is 0 Å². The van der Waals surface area contributed by atoms with Crippen molar-refractivity contribution in [3.05, 3.63) is 169 Å². The maximum absolute atomic E-state index is 10.8. The lowest BCUT2D eigenvalue weighted by Gasteiger charge is -2.17. The molecule has 48 heavy (non-hydrogen) atoms. The molecule has 0 saturated carbocycles. The van der Waals surface area contributed by atoms with E-state index in [4.69, 9.17) is 0 Å². The first-order valence-corrected chi connectivity index (χ1v) is 15.9. The van der Waals surface area contributed by atoms with E-state index in [2.05, 4.69) is 130 Å². The summed E-state index contributed by atoms with van der Waals surface area (Å²) in [6, 6.07) is 58.8. The maximum atomic E-state index is 10.8. The van der Waals surface area contributed by atoms with Crippen molar-refractivity contribution in [3.8, 4) is 45.8 Å². The normalized spacial score (nSPS) is 11.3. The van der Waals surface area contributed by atoms with Gasteiger partial charge in [-0.2, -0.15) is 10.5 Å². The molecular weight excluding hydrogens is 585 g/mol. The predicted octanol–water partition coefficient (Wildman–Crippen LogP) is 11.0. The molecule has 0 N–H and O–H groups in total. The van der Waals surface area contributed by atoms with Crippen LogP contribution in [0, 0.1) is 22.7 Å². The zero-order chi connectivity index (χ0) is 32.2. The number of aromatic nitrogens is 2. The highest BCUT2D eigenvalue weighted by Crippen LogP contribution is 2.40. The van der Waals surface area contributed by atoms with Crippen molar-refractivity contribution in [2.24, 2.45) is 0 Å². The van der Waals surface area contributed by atoms with Crippen molar-refractivity contribution in [2.45, 2.75) is 0 Å². The molecule has 4 heteroatoms. The van der Waals surface area contributed by atoms with Crippen molar-refractivity contribution in [1.29, 1.82) is 10.5 Å². The van der Waals surface area contributed by atoms with Crippen LogP contribution in [0.2, 0.25) is 0 Å². The average molecular weight is 611 g/mol. The molecule has 4 nitrogen and oxygen atoms in total. The van der Waals surface area contributed by atoms with E-state index >= 15 is 0 Å². The van der Waals surface area contributed by atoms with Gasteiger partial charge in [0.15, 0.2) is 0 Å². The predicted molar refractivity (Wildman–Crippen MR) is 195 cm³/mol. The van der Waals surface area contributed by atoms with Crippen LogP contribution in [-0.2, 0) is 0 Å². The Balaban J connectivity index is 1.25. The quantitative estimate of drug-likeness (QED) is 0.199. The first-order valence-electron chi connectivity index (χ1n) is 15.9. The number of benzene rings is 7. The topological polar surface area (TPSA) is 57.4 Å². The Morgan fingerprint density at radius 1 is 0.417 bits per heavy atom. The third kappa shape index (κ3) is 4.01. The highest BCUT2D eigenvalue weighted by atomic mass is 15.0. The van der Waals surface area contributed by atoms with E-state index < -0.39 is 0 Å². The Kier molecular flexibility index (Phi) is 6.22. The molecule has 0 fully saturated rings. The Labute approximate surface area is 277 Å². The summed E-state index contributed by atoms with van der Waals surface area (Å²) in [6.07, 6.45) is 0. The fourth-order valence-corrected chi connectivity index (χ4v) is 7.42. The van der Waals surface area contributed by atoms with Gasteiger partial charge in [-0.25, -0.2) is 0 Å². The van der Waals surface area contributed by atoms with Crippen molar-refractivity contribution < 1.29 is 0 Å². The van der Waals surface area contributed by atoms with Crippen LogP contribution in [0.3, 0.4) is 0 Å². The van der Waals surface area contributed by atoms with Gasteiger partial charge in [-0.1, -0.05) is 109 Å². The number of nitrogens with zero attached hydrogens (tertiary/aromatic N) is 4.